The second kappa shape index (κ2) is 8.28. The van der Waals surface area contributed by atoms with Crippen LogP contribution in [-0.4, -0.2) is 56.6 Å². The third-order valence-corrected chi connectivity index (χ3v) is 5.81. The van der Waals surface area contributed by atoms with Gasteiger partial charge in [0.05, 0.1) is 25.0 Å². The monoisotopic (exact) mass is 449 g/mol. The average Bonchev–Trinajstić information content (AvgIpc) is 3.56. The van der Waals surface area contributed by atoms with Gasteiger partial charge in [0.2, 0.25) is 0 Å². The lowest BCUT2D eigenvalue weighted by Crippen LogP contribution is -2.20. The first-order chi connectivity index (χ1) is 15.9. The lowest BCUT2D eigenvalue weighted by molar-refractivity contribution is 0.0963. The molecule has 4 heterocycles. The molecule has 1 atom stereocenters. The molecule has 0 saturated carbocycles. The Morgan fingerprint density at radius 2 is 2.03 bits per heavy atom. The summed E-state index contributed by atoms with van der Waals surface area (Å²) < 4.78 is 24.0. The Morgan fingerprint density at radius 1 is 1.18 bits per heavy atom. The van der Waals surface area contributed by atoms with Crippen LogP contribution >= 0.6 is 0 Å². The highest BCUT2D eigenvalue weighted by Crippen LogP contribution is 2.33. The zero-order valence-corrected chi connectivity index (χ0v) is 18.6. The van der Waals surface area contributed by atoms with Crippen molar-refractivity contribution < 1.29 is 13.9 Å². The number of carbonyl (C=O) groups excluding carboxylic acids is 1. The van der Waals surface area contributed by atoms with Crippen molar-refractivity contribution in [2.24, 2.45) is 7.05 Å². The van der Waals surface area contributed by atoms with Crippen molar-refractivity contribution in [1.29, 1.82) is 0 Å². The number of nitrogens with one attached hydrogen (secondary N) is 2. The summed E-state index contributed by atoms with van der Waals surface area (Å²) in [5, 5.41) is 14.8. The fourth-order valence-electron chi connectivity index (χ4n) is 4.07. The van der Waals surface area contributed by atoms with Gasteiger partial charge in [0.25, 0.3) is 5.91 Å². The maximum Gasteiger partial charge on any atom is 0.251 e. The number of fused-ring (bicyclic) bond motifs is 1. The predicted octanol–water partition coefficient (Wildman–Crippen LogP) is 2.80. The van der Waals surface area contributed by atoms with E-state index in [0.717, 1.165) is 17.5 Å². The maximum absolute atomic E-state index is 15.2. The topological polar surface area (TPSA) is 98.4 Å². The van der Waals surface area contributed by atoms with Gasteiger partial charge in [-0.2, -0.15) is 10.2 Å². The van der Waals surface area contributed by atoms with Gasteiger partial charge in [0.1, 0.15) is 11.6 Å². The Bertz CT molecular complexity index is 1350. The number of benzene rings is 1. The van der Waals surface area contributed by atoms with E-state index in [1.807, 2.05) is 19.4 Å². The van der Waals surface area contributed by atoms with Crippen LogP contribution in [0.1, 0.15) is 22.3 Å². The molecule has 10 heteroatoms. The Hall–Kier alpha value is -3.79. The number of nitrogens with zero attached hydrogens (tertiary/aromatic N) is 5. The van der Waals surface area contributed by atoms with Crippen LogP contribution in [0.4, 0.5) is 10.2 Å². The zero-order valence-electron chi connectivity index (χ0n) is 18.6. The largest absolute Gasteiger partial charge is 0.379 e. The molecule has 4 aromatic rings. The highest BCUT2D eigenvalue weighted by Gasteiger charge is 2.22. The van der Waals surface area contributed by atoms with E-state index in [-0.39, 0.29) is 17.5 Å². The minimum atomic E-state index is -0.408. The lowest BCUT2D eigenvalue weighted by Gasteiger charge is -2.15. The molecule has 1 aromatic carbocycles. The van der Waals surface area contributed by atoms with Crippen LogP contribution in [-0.2, 0) is 11.8 Å². The van der Waals surface area contributed by atoms with Crippen LogP contribution in [0.15, 0.2) is 36.9 Å². The number of rotatable bonds is 5. The van der Waals surface area contributed by atoms with E-state index in [9.17, 15) is 4.79 Å². The third kappa shape index (κ3) is 3.82. The molecule has 1 saturated heterocycles. The number of aromatic nitrogens is 5. The first-order valence-corrected chi connectivity index (χ1v) is 10.7. The first-order valence-electron chi connectivity index (χ1n) is 10.7. The Labute approximate surface area is 189 Å². The highest BCUT2D eigenvalue weighted by molar-refractivity contribution is 5.96. The molecule has 0 spiro atoms. The van der Waals surface area contributed by atoms with Crippen molar-refractivity contribution in [3.05, 3.63) is 53.9 Å². The lowest BCUT2D eigenvalue weighted by atomic mass is 10.0. The molecule has 0 unspecified atom stereocenters. The molecule has 1 aliphatic heterocycles. The van der Waals surface area contributed by atoms with Crippen molar-refractivity contribution in [2.75, 3.05) is 25.6 Å². The van der Waals surface area contributed by atoms with Crippen LogP contribution in [0.25, 0.3) is 27.9 Å². The standard InChI is InChI=1S/C23H24FN7O2/c1-13-6-14(23(32)25-2)7-17(20(13)24)18-9-27-31-11-19(15-8-26-30(3)10-15)21(29-22(18)31)28-16-4-5-33-12-16/h6-11,16H,4-5,12H2,1-3H3,(H,25,32)(H,28,29)/t16-/m0/s1. The molecule has 5 rings (SSSR count). The van der Waals surface area contributed by atoms with Crippen LogP contribution in [0.3, 0.4) is 0 Å². The summed E-state index contributed by atoms with van der Waals surface area (Å²) in [6.45, 7) is 2.92. The summed E-state index contributed by atoms with van der Waals surface area (Å²) in [4.78, 5) is 17.1. The SMILES string of the molecule is CNC(=O)c1cc(C)c(F)c(-c2cnn3cc(-c4cnn(C)c4)c(N[C@H]4CCOC4)nc23)c1. The maximum atomic E-state index is 15.2. The summed E-state index contributed by atoms with van der Waals surface area (Å²) in [5.74, 6) is -0.0482. The highest BCUT2D eigenvalue weighted by atomic mass is 19.1. The number of aryl methyl sites for hydroxylation is 2. The van der Waals surface area contributed by atoms with Gasteiger partial charge in [-0.05, 0) is 31.0 Å². The fourth-order valence-corrected chi connectivity index (χ4v) is 4.07. The molecule has 9 nitrogen and oxygen atoms in total. The molecule has 1 aliphatic rings. The fraction of sp³-hybridized carbons (Fsp3) is 0.304. The summed E-state index contributed by atoms with van der Waals surface area (Å²) >= 11 is 0. The molecular weight excluding hydrogens is 425 g/mol. The number of ether oxygens (including phenoxy) is 1. The molecule has 1 amide bonds. The summed E-state index contributed by atoms with van der Waals surface area (Å²) in [7, 11) is 3.40. The number of halogens is 1. The second-order valence-corrected chi connectivity index (χ2v) is 8.17. The predicted molar refractivity (Wildman–Crippen MR) is 122 cm³/mol. The first kappa shape index (κ1) is 21.1. The van der Waals surface area contributed by atoms with Crippen molar-refractivity contribution in [3.8, 4) is 22.3 Å². The van der Waals surface area contributed by atoms with Crippen LogP contribution in [0.2, 0.25) is 0 Å². The van der Waals surface area contributed by atoms with E-state index in [0.29, 0.717) is 41.4 Å². The normalized spacial score (nSPS) is 15.8. The van der Waals surface area contributed by atoms with Crippen molar-refractivity contribution in [1.82, 2.24) is 29.7 Å². The molecule has 0 bridgehead atoms. The van der Waals surface area contributed by atoms with Gasteiger partial charge < -0.3 is 15.4 Å². The minimum Gasteiger partial charge on any atom is -0.379 e. The number of hydrogen-bond acceptors (Lipinski definition) is 6. The molecule has 1 fully saturated rings. The molecule has 170 valence electrons. The molecule has 0 radical (unpaired) electrons. The number of anilines is 1. The van der Waals surface area contributed by atoms with Gasteiger partial charge in [-0.25, -0.2) is 13.9 Å². The third-order valence-electron chi connectivity index (χ3n) is 5.81. The number of hydrogen-bond donors (Lipinski definition) is 2. The van der Waals surface area contributed by atoms with Crippen LogP contribution in [0.5, 0.6) is 0 Å². The Balaban J connectivity index is 1.68. The van der Waals surface area contributed by atoms with E-state index in [2.05, 4.69) is 20.8 Å². The summed E-state index contributed by atoms with van der Waals surface area (Å²) in [6, 6.07) is 3.19. The van der Waals surface area contributed by atoms with Crippen LogP contribution < -0.4 is 10.6 Å². The van der Waals surface area contributed by atoms with Crippen molar-refractivity contribution in [2.45, 2.75) is 19.4 Å². The number of carbonyl (C=O) groups is 1. The quantitative estimate of drug-likeness (QED) is 0.486. The van der Waals surface area contributed by atoms with Crippen molar-refractivity contribution in [3.63, 3.8) is 0 Å². The van der Waals surface area contributed by atoms with E-state index < -0.39 is 5.82 Å². The van der Waals surface area contributed by atoms with Gasteiger partial charge in [-0.3, -0.25) is 9.48 Å². The van der Waals surface area contributed by atoms with E-state index in [1.165, 1.54) is 12.1 Å². The molecule has 3 aromatic heterocycles. The average molecular weight is 449 g/mol. The van der Waals surface area contributed by atoms with E-state index in [1.54, 1.807) is 35.6 Å². The minimum absolute atomic E-state index is 0.123. The van der Waals surface area contributed by atoms with Gasteiger partial charge >= 0.3 is 0 Å². The van der Waals surface area contributed by atoms with E-state index >= 15 is 4.39 Å². The number of amides is 1. The Kier molecular flexibility index (Phi) is 5.29. The molecule has 33 heavy (non-hydrogen) atoms. The Morgan fingerprint density at radius 3 is 2.73 bits per heavy atom. The molecule has 0 aliphatic carbocycles. The summed E-state index contributed by atoms with van der Waals surface area (Å²) in [5.41, 5.74) is 3.72. The van der Waals surface area contributed by atoms with Gasteiger partial charge in [-0.15, -0.1) is 0 Å². The van der Waals surface area contributed by atoms with Crippen molar-refractivity contribution >= 4 is 17.4 Å². The second-order valence-electron chi connectivity index (χ2n) is 8.17. The van der Waals surface area contributed by atoms with E-state index in [4.69, 9.17) is 9.72 Å². The summed E-state index contributed by atoms with van der Waals surface area (Å²) in [6.07, 6.45) is 7.96. The van der Waals surface area contributed by atoms with Gasteiger partial charge in [-0.1, -0.05) is 0 Å². The molecule has 2 N–H and O–H groups in total. The zero-order chi connectivity index (χ0) is 23.1. The smallest absolute Gasteiger partial charge is 0.251 e. The van der Waals surface area contributed by atoms with Gasteiger partial charge in [0.15, 0.2) is 5.65 Å². The van der Waals surface area contributed by atoms with Crippen LogP contribution in [0, 0.1) is 12.7 Å². The molecular formula is C23H24FN7O2. The van der Waals surface area contributed by atoms with Gasteiger partial charge in [0, 0.05) is 60.9 Å².